The number of nitrogens with two attached hydrogens (primary N) is 1. The number of carbonyl (C=O) groups excluding carboxylic acids is 1. The number of nitrogens with zero attached hydrogens (tertiary/aromatic N) is 3. The van der Waals surface area contributed by atoms with Gasteiger partial charge in [-0.05, 0) is 53.8 Å². The molecule has 3 heterocycles. The van der Waals surface area contributed by atoms with Gasteiger partial charge in [-0.25, -0.2) is 14.3 Å². The predicted molar refractivity (Wildman–Crippen MR) is 123 cm³/mol. The summed E-state index contributed by atoms with van der Waals surface area (Å²) in [4.78, 5) is 27.7. The molecule has 31 heavy (non-hydrogen) atoms. The van der Waals surface area contributed by atoms with Crippen LogP contribution >= 0.6 is 23.7 Å². The lowest BCUT2D eigenvalue weighted by atomic mass is 9.98. The molecule has 0 bridgehead atoms. The zero-order chi connectivity index (χ0) is 21.3. The Kier molecular flexibility index (Phi) is 7.09. The molecule has 2 aromatic heterocycles. The molecule has 164 valence electrons. The first-order valence-corrected chi connectivity index (χ1v) is 10.4. The number of amides is 1. The quantitative estimate of drug-likeness (QED) is 0.585. The molecule has 0 radical (unpaired) electrons. The second-order valence-electron chi connectivity index (χ2n) is 7.26. The highest BCUT2D eigenvalue weighted by Gasteiger charge is 2.23. The normalized spacial score (nSPS) is 14.9. The molecule has 1 unspecified atom stereocenters. The Morgan fingerprint density at radius 2 is 2.13 bits per heavy atom. The summed E-state index contributed by atoms with van der Waals surface area (Å²) in [6, 6.07) is 9.62. The van der Waals surface area contributed by atoms with Gasteiger partial charge in [0.25, 0.3) is 0 Å². The number of H-pyrrole nitrogens is 1. The number of halogens is 2. The standard InChI is InChI=1S/C21H22FN5O2S.ClH/c1-26-16-4-2-15(9-14(16)3-7-20(26)28)18-5-6-19(30-18)17(8-13(10-22)11-23)27-12-24-25-21(27)29;/h2,4-6,9-10,12,17H,3,7-8,11,23H2,1H3,(H,25,29);1H/b13-10+;. The molecule has 1 aromatic carbocycles. The van der Waals surface area contributed by atoms with E-state index in [9.17, 15) is 14.0 Å². The summed E-state index contributed by atoms with van der Waals surface area (Å²) in [6.45, 7) is 0.0783. The smallest absolute Gasteiger partial charge is 0.327 e. The first-order chi connectivity index (χ1) is 14.5. The molecule has 1 atom stereocenters. The molecular weight excluding hydrogens is 441 g/mol. The minimum Gasteiger partial charge on any atom is -0.327 e. The van der Waals surface area contributed by atoms with Crippen molar-refractivity contribution in [3.05, 3.63) is 69.5 Å². The first kappa shape index (κ1) is 22.9. The summed E-state index contributed by atoms with van der Waals surface area (Å²) in [5.41, 5.74) is 8.83. The number of thiophene rings is 1. The minimum atomic E-state index is -0.401. The van der Waals surface area contributed by atoms with Crippen molar-refractivity contribution in [2.24, 2.45) is 5.73 Å². The fourth-order valence-electron chi connectivity index (χ4n) is 3.73. The van der Waals surface area contributed by atoms with E-state index >= 15 is 0 Å². The van der Waals surface area contributed by atoms with E-state index in [1.54, 1.807) is 23.3 Å². The van der Waals surface area contributed by atoms with Crippen LogP contribution in [0.2, 0.25) is 0 Å². The van der Waals surface area contributed by atoms with Crippen LogP contribution < -0.4 is 16.3 Å². The molecule has 0 fully saturated rings. The Bertz CT molecular complexity index is 1170. The fraction of sp³-hybridized carbons (Fsp3) is 0.286. The monoisotopic (exact) mass is 463 g/mol. The van der Waals surface area contributed by atoms with Gasteiger partial charge in [0.1, 0.15) is 6.33 Å². The lowest BCUT2D eigenvalue weighted by molar-refractivity contribution is -0.118. The Morgan fingerprint density at radius 1 is 1.32 bits per heavy atom. The van der Waals surface area contributed by atoms with Crippen molar-refractivity contribution < 1.29 is 9.18 Å². The second-order valence-corrected chi connectivity index (χ2v) is 8.37. The van der Waals surface area contributed by atoms with E-state index in [-0.39, 0.29) is 37.0 Å². The summed E-state index contributed by atoms with van der Waals surface area (Å²) < 4.78 is 14.6. The Balaban J connectivity index is 0.00000272. The molecule has 1 aliphatic rings. The van der Waals surface area contributed by atoms with Gasteiger partial charge in [-0.3, -0.25) is 9.36 Å². The van der Waals surface area contributed by atoms with Gasteiger partial charge in [0.05, 0.1) is 12.4 Å². The number of rotatable bonds is 6. The Labute approximate surface area is 188 Å². The summed E-state index contributed by atoms with van der Waals surface area (Å²) in [7, 11) is 1.80. The molecule has 0 saturated heterocycles. The van der Waals surface area contributed by atoms with Crippen molar-refractivity contribution in [3.8, 4) is 10.4 Å². The molecule has 10 heteroatoms. The van der Waals surface area contributed by atoms with Gasteiger partial charge < -0.3 is 10.6 Å². The number of anilines is 1. The third-order valence-electron chi connectivity index (χ3n) is 5.45. The number of fused-ring (bicyclic) bond motifs is 1. The zero-order valence-electron chi connectivity index (χ0n) is 16.9. The van der Waals surface area contributed by atoms with Crippen LogP contribution in [-0.4, -0.2) is 34.3 Å². The molecule has 3 N–H and O–H groups in total. The van der Waals surface area contributed by atoms with Gasteiger partial charge in [0.2, 0.25) is 5.91 Å². The topological polar surface area (TPSA) is 97.0 Å². The van der Waals surface area contributed by atoms with Gasteiger partial charge in [-0.15, -0.1) is 23.7 Å². The molecule has 7 nitrogen and oxygen atoms in total. The van der Waals surface area contributed by atoms with Crippen LogP contribution in [0, 0.1) is 0 Å². The van der Waals surface area contributed by atoms with Crippen molar-refractivity contribution in [3.63, 3.8) is 0 Å². The highest BCUT2D eigenvalue weighted by molar-refractivity contribution is 7.15. The summed E-state index contributed by atoms with van der Waals surface area (Å²) >= 11 is 1.54. The number of aromatic nitrogens is 3. The maximum atomic E-state index is 13.2. The van der Waals surface area contributed by atoms with E-state index in [1.807, 2.05) is 24.3 Å². The number of carbonyl (C=O) groups is 1. The molecule has 4 rings (SSSR count). The van der Waals surface area contributed by atoms with Gasteiger partial charge >= 0.3 is 5.69 Å². The lowest BCUT2D eigenvalue weighted by Gasteiger charge is -2.26. The Morgan fingerprint density at radius 3 is 2.81 bits per heavy atom. The third kappa shape index (κ3) is 4.48. The minimum absolute atomic E-state index is 0. The SMILES string of the molecule is CN1C(=O)CCc2cc(-c3ccc(C(C/C(=C\F)CN)n4cn[nH]c4=O)s3)ccc21.Cl. The van der Waals surface area contributed by atoms with Crippen LogP contribution in [0.15, 0.2) is 53.4 Å². The molecule has 3 aromatic rings. The molecule has 1 amide bonds. The van der Waals surface area contributed by atoms with E-state index in [2.05, 4.69) is 16.3 Å². The van der Waals surface area contributed by atoms with Crippen molar-refractivity contribution in [2.75, 3.05) is 18.5 Å². The molecule has 0 spiro atoms. The predicted octanol–water partition coefficient (Wildman–Crippen LogP) is 3.42. The number of nitrogens with one attached hydrogen (secondary N) is 1. The fourth-order valence-corrected chi connectivity index (χ4v) is 4.84. The average Bonchev–Trinajstić information content (AvgIpc) is 3.41. The first-order valence-electron chi connectivity index (χ1n) is 9.61. The summed E-state index contributed by atoms with van der Waals surface area (Å²) in [5, 5.41) is 6.20. The van der Waals surface area contributed by atoms with Crippen molar-refractivity contribution >= 4 is 35.3 Å². The van der Waals surface area contributed by atoms with Gasteiger partial charge in [-0.2, -0.15) is 5.10 Å². The average molecular weight is 464 g/mol. The van der Waals surface area contributed by atoms with Crippen LogP contribution in [-0.2, 0) is 11.2 Å². The maximum absolute atomic E-state index is 13.2. The van der Waals surface area contributed by atoms with Crippen LogP contribution in [0.5, 0.6) is 0 Å². The number of hydrogen-bond acceptors (Lipinski definition) is 5. The molecular formula is C21H23ClFN5O2S. The van der Waals surface area contributed by atoms with Gasteiger partial charge in [0, 0.05) is 35.5 Å². The zero-order valence-corrected chi connectivity index (χ0v) is 18.5. The number of hydrogen-bond donors (Lipinski definition) is 2. The number of aromatic amines is 1. The van der Waals surface area contributed by atoms with Gasteiger partial charge in [-0.1, -0.05) is 6.07 Å². The summed E-state index contributed by atoms with van der Waals surface area (Å²) in [5.74, 6) is 0.124. The summed E-state index contributed by atoms with van der Waals surface area (Å²) in [6.07, 6.45) is 3.44. The number of benzene rings is 1. The second kappa shape index (κ2) is 9.59. The van der Waals surface area contributed by atoms with Crippen LogP contribution in [0.4, 0.5) is 10.1 Å². The van der Waals surface area contributed by atoms with Crippen LogP contribution in [0.3, 0.4) is 0 Å². The number of aryl methyl sites for hydroxylation is 1. The highest BCUT2D eigenvalue weighted by atomic mass is 35.5. The largest absolute Gasteiger partial charge is 0.343 e. The maximum Gasteiger partial charge on any atom is 0.343 e. The van der Waals surface area contributed by atoms with E-state index in [0.717, 1.165) is 33.0 Å². The third-order valence-corrected chi connectivity index (χ3v) is 6.68. The van der Waals surface area contributed by atoms with Gasteiger partial charge in [0.15, 0.2) is 0 Å². The molecule has 1 aliphatic heterocycles. The Hall–Kier alpha value is -2.75. The van der Waals surface area contributed by atoms with Crippen molar-refractivity contribution in [2.45, 2.75) is 25.3 Å². The van der Waals surface area contributed by atoms with Crippen LogP contribution in [0.25, 0.3) is 10.4 Å². The molecule has 0 saturated carbocycles. The van der Waals surface area contributed by atoms with Crippen molar-refractivity contribution in [1.82, 2.24) is 14.8 Å². The van der Waals surface area contributed by atoms with E-state index in [1.165, 1.54) is 10.9 Å². The lowest BCUT2D eigenvalue weighted by Crippen LogP contribution is -2.30. The van der Waals surface area contributed by atoms with E-state index in [0.29, 0.717) is 18.3 Å². The van der Waals surface area contributed by atoms with E-state index < -0.39 is 6.04 Å². The molecule has 0 aliphatic carbocycles. The highest BCUT2D eigenvalue weighted by Crippen LogP contribution is 2.37. The van der Waals surface area contributed by atoms with E-state index in [4.69, 9.17) is 5.73 Å². The van der Waals surface area contributed by atoms with Crippen molar-refractivity contribution in [1.29, 1.82) is 0 Å². The van der Waals surface area contributed by atoms with Crippen LogP contribution in [0.1, 0.15) is 29.3 Å².